The molecule has 0 saturated carbocycles. The van der Waals surface area contributed by atoms with E-state index in [2.05, 4.69) is 36.2 Å². The van der Waals surface area contributed by atoms with E-state index in [1.807, 2.05) is 24.3 Å². The number of amides is 1. The lowest BCUT2D eigenvalue weighted by Gasteiger charge is -2.19. The molecular formula is C26H24N4O5. The molecule has 35 heavy (non-hydrogen) atoms. The Morgan fingerprint density at radius 2 is 1.71 bits per heavy atom. The highest BCUT2D eigenvalue weighted by Crippen LogP contribution is 2.27. The lowest BCUT2D eigenvalue weighted by molar-refractivity contribution is -0.386. The van der Waals surface area contributed by atoms with Gasteiger partial charge >= 0.3 is 5.69 Å². The molecule has 4 rings (SSSR count). The van der Waals surface area contributed by atoms with Gasteiger partial charge in [-0.3, -0.25) is 14.9 Å². The fourth-order valence-corrected chi connectivity index (χ4v) is 3.33. The van der Waals surface area contributed by atoms with Gasteiger partial charge in [0.2, 0.25) is 5.82 Å². The van der Waals surface area contributed by atoms with Gasteiger partial charge in [-0.25, -0.2) is 0 Å². The van der Waals surface area contributed by atoms with E-state index < -0.39 is 4.92 Å². The topological polar surface area (TPSA) is 120 Å². The maximum Gasteiger partial charge on any atom is 0.310 e. The Hall–Kier alpha value is -4.53. The summed E-state index contributed by atoms with van der Waals surface area (Å²) < 4.78 is 10.7. The zero-order chi connectivity index (χ0) is 25.0. The second-order valence-electron chi connectivity index (χ2n) is 8.88. The van der Waals surface area contributed by atoms with E-state index in [0.29, 0.717) is 22.6 Å². The number of hydrogen-bond donors (Lipinski definition) is 1. The first-order valence-electron chi connectivity index (χ1n) is 10.9. The van der Waals surface area contributed by atoms with Crippen LogP contribution in [0.1, 0.15) is 42.6 Å². The average Bonchev–Trinajstić information content (AvgIpc) is 3.32. The maximum atomic E-state index is 12.6. The Bertz CT molecular complexity index is 1340. The molecule has 0 bridgehead atoms. The summed E-state index contributed by atoms with van der Waals surface area (Å²) in [4.78, 5) is 27.4. The quantitative estimate of drug-likeness (QED) is 0.268. The van der Waals surface area contributed by atoms with Gasteiger partial charge < -0.3 is 14.6 Å². The first-order valence-corrected chi connectivity index (χ1v) is 10.9. The Morgan fingerprint density at radius 3 is 2.37 bits per heavy atom. The minimum Gasteiger partial charge on any atom is -0.477 e. The predicted molar refractivity (Wildman–Crippen MR) is 130 cm³/mol. The van der Waals surface area contributed by atoms with Crippen molar-refractivity contribution >= 4 is 17.3 Å². The molecule has 178 valence electrons. The zero-order valence-electron chi connectivity index (χ0n) is 19.5. The molecule has 0 fully saturated rings. The molecule has 1 amide bonds. The van der Waals surface area contributed by atoms with Gasteiger partial charge in [-0.1, -0.05) is 50.2 Å². The second-order valence-corrected chi connectivity index (χ2v) is 8.88. The van der Waals surface area contributed by atoms with Crippen molar-refractivity contribution in [2.75, 3.05) is 5.32 Å². The molecule has 3 aromatic carbocycles. The smallest absolute Gasteiger partial charge is 0.310 e. The number of nitrogens with one attached hydrogen (secondary N) is 1. The van der Waals surface area contributed by atoms with Crippen molar-refractivity contribution in [3.05, 3.63) is 99.9 Å². The van der Waals surface area contributed by atoms with Crippen LogP contribution >= 0.6 is 0 Å². The summed E-state index contributed by atoms with van der Waals surface area (Å²) in [5.74, 6) is 0.425. The van der Waals surface area contributed by atoms with Gasteiger partial charge in [0.1, 0.15) is 0 Å². The van der Waals surface area contributed by atoms with E-state index in [9.17, 15) is 14.9 Å². The number of para-hydroxylation sites is 2. The van der Waals surface area contributed by atoms with Crippen LogP contribution in [0.5, 0.6) is 5.75 Å². The van der Waals surface area contributed by atoms with Crippen molar-refractivity contribution < 1.29 is 19.0 Å². The number of carbonyl (C=O) groups is 1. The highest BCUT2D eigenvalue weighted by molar-refractivity contribution is 6.04. The molecule has 0 unspecified atom stereocenters. The molecule has 0 aliphatic carbocycles. The number of hydrogen-bond acceptors (Lipinski definition) is 7. The maximum absolute atomic E-state index is 12.6. The van der Waals surface area contributed by atoms with Crippen LogP contribution in [0.4, 0.5) is 11.4 Å². The second kappa shape index (κ2) is 9.76. The van der Waals surface area contributed by atoms with Crippen LogP contribution in [0.25, 0.3) is 11.4 Å². The van der Waals surface area contributed by atoms with Crippen molar-refractivity contribution in [3.8, 4) is 17.1 Å². The van der Waals surface area contributed by atoms with E-state index in [0.717, 1.165) is 5.56 Å². The van der Waals surface area contributed by atoms with Gasteiger partial charge in [-0.05, 0) is 53.4 Å². The third-order valence-electron chi connectivity index (χ3n) is 5.30. The molecule has 0 aliphatic rings. The summed E-state index contributed by atoms with van der Waals surface area (Å²) in [7, 11) is 0. The van der Waals surface area contributed by atoms with Crippen LogP contribution < -0.4 is 10.1 Å². The molecule has 0 aliphatic heterocycles. The number of aromatic nitrogens is 2. The first kappa shape index (κ1) is 23.6. The molecule has 1 heterocycles. The largest absolute Gasteiger partial charge is 0.477 e. The molecular weight excluding hydrogens is 448 g/mol. The van der Waals surface area contributed by atoms with Crippen LogP contribution in [0.2, 0.25) is 0 Å². The highest BCUT2D eigenvalue weighted by atomic mass is 16.6. The van der Waals surface area contributed by atoms with Gasteiger partial charge in [0.05, 0.1) is 4.92 Å². The van der Waals surface area contributed by atoms with Gasteiger partial charge in [-0.15, -0.1) is 0 Å². The summed E-state index contributed by atoms with van der Waals surface area (Å²) in [5, 5.41) is 17.9. The minimum absolute atomic E-state index is 0.0193. The van der Waals surface area contributed by atoms with Crippen molar-refractivity contribution in [2.24, 2.45) is 0 Å². The molecule has 9 heteroatoms. The third-order valence-corrected chi connectivity index (χ3v) is 5.30. The molecule has 0 atom stereocenters. The zero-order valence-corrected chi connectivity index (χ0v) is 19.5. The Kier molecular flexibility index (Phi) is 6.59. The Morgan fingerprint density at radius 1 is 1.03 bits per heavy atom. The SMILES string of the molecule is CC(C)(C)c1ccc(C(=O)Nc2ccc(-c3noc(COc4ccccc4[N+](=O)[O-])n3)cc2)cc1. The van der Waals surface area contributed by atoms with E-state index in [1.54, 1.807) is 36.4 Å². The van der Waals surface area contributed by atoms with Gasteiger partial charge in [0.25, 0.3) is 11.8 Å². The van der Waals surface area contributed by atoms with Crippen LogP contribution in [-0.4, -0.2) is 21.0 Å². The normalized spacial score (nSPS) is 11.2. The number of rotatable bonds is 7. The molecule has 1 N–H and O–H groups in total. The van der Waals surface area contributed by atoms with E-state index in [-0.39, 0.29) is 35.3 Å². The fraction of sp³-hybridized carbons (Fsp3) is 0.192. The number of nitro groups is 1. The first-order chi connectivity index (χ1) is 16.7. The Balaban J connectivity index is 1.38. The van der Waals surface area contributed by atoms with Crippen molar-refractivity contribution in [1.82, 2.24) is 10.1 Å². The number of ether oxygens (including phenoxy) is 1. The van der Waals surface area contributed by atoms with E-state index in [1.165, 1.54) is 12.1 Å². The number of nitro benzene ring substituents is 1. The molecule has 1 aromatic heterocycles. The van der Waals surface area contributed by atoms with Crippen LogP contribution in [0.15, 0.2) is 77.3 Å². The van der Waals surface area contributed by atoms with Crippen molar-refractivity contribution in [1.29, 1.82) is 0 Å². The van der Waals surface area contributed by atoms with Gasteiger partial charge in [0.15, 0.2) is 12.4 Å². The number of benzene rings is 3. The summed E-state index contributed by atoms with van der Waals surface area (Å²) in [5.41, 5.74) is 2.91. The van der Waals surface area contributed by atoms with Crippen LogP contribution in [0, 0.1) is 10.1 Å². The van der Waals surface area contributed by atoms with Crippen molar-refractivity contribution in [2.45, 2.75) is 32.8 Å². The van der Waals surface area contributed by atoms with Gasteiger partial charge in [0, 0.05) is 22.9 Å². The van der Waals surface area contributed by atoms with Gasteiger partial charge in [-0.2, -0.15) is 4.98 Å². The summed E-state index contributed by atoms with van der Waals surface area (Å²) in [6.45, 7) is 6.26. The van der Waals surface area contributed by atoms with Crippen molar-refractivity contribution in [3.63, 3.8) is 0 Å². The van der Waals surface area contributed by atoms with E-state index in [4.69, 9.17) is 9.26 Å². The van der Waals surface area contributed by atoms with Crippen LogP contribution in [-0.2, 0) is 12.0 Å². The molecule has 0 radical (unpaired) electrons. The molecule has 4 aromatic rings. The lowest BCUT2D eigenvalue weighted by atomic mass is 9.87. The Labute approximate surface area is 201 Å². The monoisotopic (exact) mass is 472 g/mol. The summed E-state index contributed by atoms with van der Waals surface area (Å²) in [6, 6.07) is 20.6. The number of anilines is 1. The number of carbonyl (C=O) groups excluding carboxylic acids is 1. The minimum atomic E-state index is -0.518. The molecule has 0 spiro atoms. The average molecular weight is 473 g/mol. The summed E-state index contributed by atoms with van der Waals surface area (Å²) in [6.07, 6.45) is 0. The molecule has 0 saturated heterocycles. The van der Waals surface area contributed by atoms with Crippen LogP contribution in [0.3, 0.4) is 0 Å². The third kappa shape index (κ3) is 5.70. The molecule has 9 nitrogen and oxygen atoms in total. The fourth-order valence-electron chi connectivity index (χ4n) is 3.33. The summed E-state index contributed by atoms with van der Waals surface area (Å²) >= 11 is 0. The number of nitrogens with zero attached hydrogens (tertiary/aromatic N) is 3. The predicted octanol–water partition coefficient (Wildman–Crippen LogP) is 5.77. The van der Waals surface area contributed by atoms with E-state index >= 15 is 0 Å². The highest BCUT2D eigenvalue weighted by Gasteiger charge is 2.17. The standard InChI is InChI=1S/C26H24N4O5/c1-26(2,3)19-12-8-18(9-13-19)25(31)27-20-14-10-17(11-15-20)24-28-23(35-29-24)16-34-22-7-5-4-6-21(22)30(32)33/h4-15H,16H2,1-3H3,(H,27,31). The lowest BCUT2D eigenvalue weighted by Crippen LogP contribution is -2.14.